The van der Waals surface area contributed by atoms with Crippen LogP contribution >= 0.6 is 11.3 Å². The summed E-state index contributed by atoms with van der Waals surface area (Å²) in [4.78, 5) is 20.1. The fourth-order valence-corrected chi connectivity index (χ4v) is 5.92. The minimum atomic E-state index is -4.98. The average Bonchev–Trinajstić information content (AvgIpc) is 3.67. The lowest BCUT2D eigenvalue weighted by Crippen LogP contribution is -2.32. The number of ether oxygens (including phenoxy) is 1. The molecule has 0 unspecified atom stereocenters. The molecule has 202 valence electrons. The van der Waals surface area contributed by atoms with Gasteiger partial charge in [0.2, 0.25) is 0 Å². The number of benzene rings is 1. The first-order valence-corrected chi connectivity index (χ1v) is 13.1. The molecule has 1 fully saturated rings. The number of nitrogens with two attached hydrogens (primary N) is 1. The Morgan fingerprint density at radius 2 is 2.00 bits per heavy atom. The highest BCUT2D eigenvalue weighted by molar-refractivity contribution is 7.22. The summed E-state index contributed by atoms with van der Waals surface area (Å²) in [7, 11) is 1.83. The lowest BCUT2D eigenvalue weighted by molar-refractivity contribution is -0.206. The lowest BCUT2D eigenvalue weighted by Gasteiger charge is -2.28. The minimum absolute atomic E-state index is 0.0259. The van der Waals surface area contributed by atoms with Crippen molar-refractivity contribution in [1.29, 1.82) is 0 Å². The molecule has 0 spiro atoms. The van der Waals surface area contributed by atoms with Crippen LogP contribution in [0.4, 0.5) is 24.1 Å². The molecule has 0 amide bonds. The highest BCUT2D eigenvalue weighted by Gasteiger charge is 2.42. The summed E-state index contributed by atoms with van der Waals surface area (Å²) >= 11 is 1.53. The molecule has 9 nitrogen and oxygen atoms in total. The highest BCUT2D eigenvalue weighted by atomic mass is 32.1. The average molecular weight is 557 g/mol. The van der Waals surface area contributed by atoms with Gasteiger partial charge in [0.05, 0.1) is 22.5 Å². The molecule has 0 radical (unpaired) electrons. The van der Waals surface area contributed by atoms with Crippen molar-refractivity contribution in [3.8, 4) is 22.5 Å². The quantitative estimate of drug-likeness (QED) is 0.246. The predicted octanol–water partition coefficient (Wildman–Crippen LogP) is 6.18. The van der Waals surface area contributed by atoms with E-state index in [1.165, 1.54) is 11.3 Å². The molecular formula is C26H23F3N6O3S. The van der Waals surface area contributed by atoms with E-state index in [-0.39, 0.29) is 11.9 Å². The normalized spacial score (nSPS) is 18.1. The number of alkyl halides is 3. The zero-order valence-electron chi connectivity index (χ0n) is 20.7. The zero-order valence-corrected chi connectivity index (χ0v) is 21.5. The number of hydrogen-bond acceptors (Lipinski definition) is 9. The van der Waals surface area contributed by atoms with E-state index < -0.39 is 18.2 Å². The van der Waals surface area contributed by atoms with Gasteiger partial charge in [0.1, 0.15) is 11.9 Å². The second-order valence-corrected chi connectivity index (χ2v) is 10.4. The molecule has 1 aliphatic rings. The van der Waals surface area contributed by atoms with Crippen molar-refractivity contribution in [3.05, 3.63) is 42.9 Å². The summed E-state index contributed by atoms with van der Waals surface area (Å²) in [6.45, 7) is 0. The first kappa shape index (κ1) is 25.2. The van der Waals surface area contributed by atoms with E-state index in [9.17, 15) is 18.0 Å². The van der Waals surface area contributed by atoms with Gasteiger partial charge >= 0.3 is 12.1 Å². The number of carbonyl (C=O) groups excluding carboxylic acids is 1. The molecule has 6 rings (SSSR count). The number of fused-ring (bicyclic) bond motifs is 2. The van der Waals surface area contributed by atoms with Gasteiger partial charge in [-0.1, -0.05) is 17.4 Å². The largest absolute Gasteiger partial charge is 0.490 e. The number of hydrogen-bond donors (Lipinski definition) is 2. The van der Waals surface area contributed by atoms with E-state index in [0.717, 1.165) is 37.4 Å². The number of nitrogens with one attached hydrogen (secondary N) is 1. The maximum absolute atomic E-state index is 12.5. The highest BCUT2D eigenvalue weighted by Crippen LogP contribution is 2.41. The number of aromatic nitrogens is 4. The van der Waals surface area contributed by atoms with Crippen molar-refractivity contribution < 1.29 is 27.1 Å². The van der Waals surface area contributed by atoms with Crippen molar-refractivity contribution in [3.63, 3.8) is 0 Å². The van der Waals surface area contributed by atoms with Crippen LogP contribution in [0, 0.1) is 0 Å². The van der Waals surface area contributed by atoms with Crippen LogP contribution in [0.3, 0.4) is 0 Å². The van der Waals surface area contributed by atoms with Crippen molar-refractivity contribution in [2.75, 3.05) is 18.1 Å². The fourth-order valence-electron chi connectivity index (χ4n) is 4.98. The van der Waals surface area contributed by atoms with Crippen LogP contribution in [0.1, 0.15) is 31.7 Å². The summed E-state index contributed by atoms with van der Waals surface area (Å²) < 4.78 is 51.2. The summed E-state index contributed by atoms with van der Waals surface area (Å²) in [6, 6.07) is 7.76. The molecule has 13 heteroatoms. The van der Waals surface area contributed by atoms with Crippen LogP contribution in [0.5, 0.6) is 0 Å². The smallest absolute Gasteiger partial charge is 0.456 e. The van der Waals surface area contributed by atoms with Crippen molar-refractivity contribution in [1.82, 2.24) is 19.7 Å². The molecule has 1 aliphatic carbocycles. The van der Waals surface area contributed by atoms with Gasteiger partial charge in [-0.2, -0.15) is 18.3 Å². The lowest BCUT2D eigenvalue weighted by atomic mass is 9.93. The van der Waals surface area contributed by atoms with E-state index in [1.54, 1.807) is 17.1 Å². The number of rotatable bonds is 5. The maximum atomic E-state index is 12.5. The van der Waals surface area contributed by atoms with Gasteiger partial charge in [0, 0.05) is 41.5 Å². The zero-order chi connectivity index (χ0) is 27.3. The van der Waals surface area contributed by atoms with Gasteiger partial charge in [-0.05, 0) is 43.9 Å². The third-order valence-electron chi connectivity index (χ3n) is 6.92. The second-order valence-electron chi connectivity index (χ2n) is 9.38. The van der Waals surface area contributed by atoms with Gasteiger partial charge in [-0.25, -0.2) is 14.8 Å². The first-order chi connectivity index (χ1) is 18.7. The van der Waals surface area contributed by atoms with E-state index >= 15 is 0 Å². The van der Waals surface area contributed by atoms with Gasteiger partial charge in [0.15, 0.2) is 16.5 Å². The SMILES string of the molecule is CNc1nc2cccc(-c3cc4c(-c5cnn([C@H]6CC[C@H](OC(=O)C(F)(F)F)CC6)c5)cnc(N)c4o3)c2s1. The first-order valence-electron chi connectivity index (χ1n) is 12.3. The molecule has 3 N–H and O–H groups in total. The number of nitrogens with zero attached hydrogens (tertiary/aromatic N) is 4. The molecule has 5 aromatic rings. The summed E-state index contributed by atoms with van der Waals surface area (Å²) in [5, 5.41) is 9.18. The Morgan fingerprint density at radius 1 is 1.21 bits per heavy atom. The molecule has 0 atom stereocenters. The van der Waals surface area contributed by atoms with Gasteiger partial charge in [-0.15, -0.1) is 0 Å². The second kappa shape index (κ2) is 9.56. The van der Waals surface area contributed by atoms with Crippen molar-refractivity contribution in [2.45, 2.75) is 44.0 Å². The minimum Gasteiger partial charge on any atom is -0.456 e. The maximum Gasteiger partial charge on any atom is 0.490 e. The molecule has 4 heterocycles. The molecule has 0 aliphatic heterocycles. The van der Waals surface area contributed by atoms with Crippen LogP contribution in [-0.2, 0) is 9.53 Å². The Balaban J connectivity index is 1.27. The number of esters is 1. The van der Waals surface area contributed by atoms with E-state index in [2.05, 4.69) is 25.1 Å². The van der Waals surface area contributed by atoms with Crippen molar-refractivity contribution >= 4 is 49.4 Å². The Bertz CT molecular complexity index is 1680. The van der Waals surface area contributed by atoms with Crippen molar-refractivity contribution in [2.24, 2.45) is 0 Å². The fraction of sp³-hybridized carbons (Fsp3) is 0.308. The number of pyridine rings is 1. The third kappa shape index (κ3) is 4.67. The number of furan rings is 1. The summed E-state index contributed by atoms with van der Waals surface area (Å²) in [5.74, 6) is -1.23. The van der Waals surface area contributed by atoms with Crippen LogP contribution in [0.25, 0.3) is 43.6 Å². The molecule has 0 saturated heterocycles. The van der Waals surface area contributed by atoms with Crippen LogP contribution in [0.15, 0.2) is 47.3 Å². The van der Waals surface area contributed by atoms with Crippen LogP contribution in [-0.4, -0.2) is 45.0 Å². The topological polar surface area (TPSA) is 121 Å². The van der Waals surface area contributed by atoms with Gasteiger partial charge in [-0.3, -0.25) is 4.68 Å². The Labute approximate surface area is 223 Å². The van der Waals surface area contributed by atoms with E-state index in [4.69, 9.17) is 10.2 Å². The van der Waals surface area contributed by atoms with Gasteiger partial charge in [0.25, 0.3) is 0 Å². The molecule has 1 saturated carbocycles. The number of halogens is 3. The number of thiazole rings is 1. The number of nitrogen functional groups attached to an aromatic ring is 1. The molecule has 4 aromatic heterocycles. The van der Waals surface area contributed by atoms with Crippen LogP contribution < -0.4 is 11.1 Å². The summed E-state index contributed by atoms with van der Waals surface area (Å²) in [5.41, 5.74) is 10.00. The predicted molar refractivity (Wildman–Crippen MR) is 141 cm³/mol. The Kier molecular flexibility index (Phi) is 6.17. The third-order valence-corrected chi connectivity index (χ3v) is 8.04. The number of carbonyl (C=O) groups is 1. The number of anilines is 2. The molecule has 1 aromatic carbocycles. The molecular weight excluding hydrogens is 533 g/mol. The Hall–Kier alpha value is -4.13. The monoisotopic (exact) mass is 556 g/mol. The Morgan fingerprint density at radius 3 is 2.74 bits per heavy atom. The standard InChI is InChI=1S/C26H23F3N6O3S/c1-31-25-34-19-4-2-3-16(22(19)39-25)20-9-17-18(11-32-23(30)21(17)38-20)13-10-33-35(12-13)14-5-7-15(8-6-14)37-24(36)26(27,28)29/h2-4,9-12,14-15H,5-8H2,1H3,(H2,30,32)(H,31,34)/t14-,15-. The van der Waals surface area contributed by atoms with E-state index in [1.807, 2.05) is 37.5 Å². The summed E-state index contributed by atoms with van der Waals surface area (Å²) in [6.07, 6.45) is 1.29. The van der Waals surface area contributed by atoms with E-state index in [0.29, 0.717) is 37.0 Å². The van der Waals surface area contributed by atoms with Crippen LogP contribution in [0.2, 0.25) is 0 Å². The molecule has 0 bridgehead atoms. The van der Waals surface area contributed by atoms with Gasteiger partial charge < -0.3 is 20.2 Å². The molecule has 39 heavy (non-hydrogen) atoms.